The number of nitrogens with zero attached hydrogens (tertiary/aromatic N) is 2. The van der Waals surface area contributed by atoms with Crippen molar-refractivity contribution in [1.29, 1.82) is 0 Å². The van der Waals surface area contributed by atoms with Gasteiger partial charge in [0, 0.05) is 24.2 Å². The molecular weight excluding hydrogens is 536 g/mol. The lowest BCUT2D eigenvalue weighted by Crippen LogP contribution is -2.43. The van der Waals surface area contributed by atoms with E-state index in [1.54, 1.807) is 37.3 Å². The Morgan fingerprint density at radius 3 is 2.71 bits per heavy atom. The molecule has 3 aromatic carbocycles. The second-order valence-electron chi connectivity index (χ2n) is 8.96. The van der Waals surface area contributed by atoms with Crippen LogP contribution in [-0.4, -0.2) is 37.0 Å². The number of halogens is 3. The molecule has 0 fully saturated rings. The van der Waals surface area contributed by atoms with Gasteiger partial charge in [-0.05, 0) is 60.9 Å². The summed E-state index contributed by atoms with van der Waals surface area (Å²) in [5.41, 5.74) is 1.70. The van der Waals surface area contributed by atoms with Crippen LogP contribution in [-0.2, 0) is 10.0 Å². The molecule has 196 valence electrons. The number of anilines is 1. The van der Waals surface area contributed by atoms with E-state index in [9.17, 15) is 22.0 Å². The van der Waals surface area contributed by atoms with Crippen molar-refractivity contribution in [3.05, 3.63) is 94.8 Å². The Hall–Kier alpha value is -3.76. The summed E-state index contributed by atoms with van der Waals surface area (Å²) in [7, 11) is -4.07. The molecule has 1 aromatic heterocycles. The van der Waals surface area contributed by atoms with E-state index in [0.29, 0.717) is 17.3 Å². The number of hydrogen-bond acceptors (Lipinski definition) is 5. The van der Waals surface area contributed by atoms with Gasteiger partial charge in [-0.15, -0.1) is 0 Å². The number of carbonyl (C=O) groups excluding carboxylic acids is 1. The third kappa shape index (κ3) is 5.01. The molecule has 1 atom stereocenters. The molecule has 2 heterocycles. The van der Waals surface area contributed by atoms with Crippen molar-refractivity contribution in [2.24, 2.45) is 0 Å². The minimum absolute atomic E-state index is 0.0752. The number of aryl methyl sites for hydroxylation is 1. The van der Waals surface area contributed by atoms with Crippen LogP contribution in [0, 0.1) is 18.6 Å². The van der Waals surface area contributed by atoms with Crippen molar-refractivity contribution in [2.75, 3.05) is 10.8 Å². The van der Waals surface area contributed by atoms with Gasteiger partial charge in [-0.3, -0.25) is 14.2 Å². The molecule has 5 rings (SSSR count). The fourth-order valence-corrected chi connectivity index (χ4v) is 6.19. The van der Waals surface area contributed by atoms with Gasteiger partial charge in [0.05, 0.1) is 22.2 Å². The van der Waals surface area contributed by atoms with Gasteiger partial charge in [0.15, 0.2) is 5.78 Å². The summed E-state index contributed by atoms with van der Waals surface area (Å²) in [6.45, 7) is 1.71. The van der Waals surface area contributed by atoms with Crippen LogP contribution in [0.25, 0.3) is 11.1 Å². The summed E-state index contributed by atoms with van der Waals surface area (Å²) in [4.78, 5) is 12.6. The van der Waals surface area contributed by atoms with Crippen LogP contribution in [0.1, 0.15) is 28.9 Å². The van der Waals surface area contributed by atoms with Crippen molar-refractivity contribution in [3.8, 4) is 16.9 Å². The number of rotatable bonds is 7. The van der Waals surface area contributed by atoms with Crippen LogP contribution >= 0.6 is 11.6 Å². The fourth-order valence-electron chi connectivity index (χ4n) is 4.36. The highest BCUT2D eigenvalue weighted by Gasteiger charge is 2.35. The molecule has 0 saturated carbocycles. The molecule has 7 nitrogen and oxygen atoms in total. The molecular formula is C27H22ClF2N3O4S. The lowest BCUT2D eigenvalue weighted by molar-refractivity contribution is 0.0948. The van der Waals surface area contributed by atoms with Crippen molar-refractivity contribution in [3.63, 3.8) is 0 Å². The van der Waals surface area contributed by atoms with Gasteiger partial charge in [-0.25, -0.2) is 17.2 Å². The van der Waals surface area contributed by atoms with E-state index >= 15 is 0 Å². The summed E-state index contributed by atoms with van der Waals surface area (Å²) in [5.74, 6) is -1.67. The third-order valence-corrected chi connectivity index (χ3v) is 8.43. The lowest BCUT2D eigenvalue weighted by Gasteiger charge is -2.36. The van der Waals surface area contributed by atoms with Crippen LogP contribution in [0.5, 0.6) is 5.75 Å². The first-order valence-corrected chi connectivity index (χ1v) is 13.5. The normalized spacial score (nSPS) is 15.2. The molecule has 4 aromatic rings. The van der Waals surface area contributed by atoms with E-state index in [2.05, 4.69) is 10.2 Å². The summed E-state index contributed by atoms with van der Waals surface area (Å²) in [6, 6.07) is 14.4. The number of carbonyl (C=O) groups is 1. The number of benzene rings is 3. The first kappa shape index (κ1) is 25.9. The number of Topliss-reactive ketones (excluding diaryl/α,β-unsaturated/α-hetero) is 1. The fraction of sp³-hybridized carbons (Fsp3) is 0.185. The summed E-state index contributed by atoms with van der Waals surface area (Å²) >= 11 is 6.12. The predicted molar refractivity (Wildman–Crippen MR) is 139 cm³/mol. The van der Waals surface area contributed by atoms with E-state index in [0.717, 1.165) is 11.6 Å². The van der Waals surface area contributed by atoms with E-state index < -0.39 is 27.8 Å². The Bertz CT molecular complexity index is 1630. The second kappa shape index (κ2) is 10.2. The van der Waals surface area contributed by atoms with Gasteiger partial charge < -0.3 is 4.74 Å². The average molecular weight is 558 g/mol. The SMILES string of the molecule is Cc1cccc(S(=O)(=O)N2C[C@H](CCC(=O)c3ccn[nH]3)Oc3ccc(-c4cc(F)cc(F)c4Cl)cc32)c1. The van der Waals surface area contributed by atoms with E-state index in [1.807, 2.05) is 0 Å². The van der Waals surface area contributed by atoms with Crippen molar-refractivity contribution in [1.82, 2.24) is 10.2 Å². The largest absolute Gasteiger partial charge is 0.486 e. The molecule has 0 bridgehead atoms. The second-order valence-corrected chi connectivity index (χ2v) is 11.2. The quantitative estimate of drug-likeness (QED) is 0.224. The Labute approximate surface area is 223 Å². The molecule has 0 aliphatic carbocycles. The van der Waals surface area contributed by atoms with Crippen LogP contribution in [0.4, 0.5) is 14.5 Å². The number of hydrogen-bond donors (Lipinski definition) is 1. The van der Waals surface area contributed by atoms with Crippen LogP contribution in [0.15, 0.2) is 71.8 Å². The van der Waals surface area contributed by atoms with Crippen LogP contribution in [0.3, 0.4) is 0 Å². The zero-order valence-electron chi connectivity index (χ0n) is 20.1. The predicted octanol–water partition coefficient (Wildman–Crippen LogP) is 5.94. The Kier molecular flexibility index (Phi) is 6.93. The van der Waals surface area contributed by atoms with Gasteiger partial charge in [0.25, 0.3) is 10.0 Å². The topological polar surface area (TPSA) is 92.4 Å². The Morgan fingerprint density at radius 2 is 1.97 bits per heavy atom. The number of ether oxygens (including phenoxy) is 1. The summed E-state index contributed by atoms with van der Waals surface area (Å²) < 4.78 is 63.1. The van der Waals surface area contributed by atoms with Gasteiger partial charge in [0.1, 0.15) is 29.2 Å². The molecule has 0 radical (unpaired) electrons. The first-order valence-electron chi connectivity index (χ1n) is 11.7. The Morgan fingerprint density at radius 1 is 1.16 bits per heavy atom. The number of nitrogens with one attached hydrogen (secondary N) is 1. The molecule has 1 aliphatic rings. The molecule has 0 unspecified atom stereocenters. The van der Waals surface area contributed by atoms with Crippen molar-refractivity contribution >= 4 is 33.1 Å². The molecule has 0 amide bonds. The smallest absolute Gasteiger partial charge is 0.264 e. The minimum Gasteiger partial charge on any atom is -0.486 e. The number of ketones is 1. The molecule has 1 aliphatic heterocycles. The molecule has 1 N–H and O–H groups in total. The number of H-pyrrole nitrogens is 1. The van der Waals surface area contributed by atoms with Crippen molar-refractivity contribution < 1.29 is 26.7 Å². The third-order valence-electron chi connectivity index (χ3n) is 6.27. The minimum atomic E-state index is -4.07. The molecule has 11 heteroatoms. The zero-order valence-corrected chi connectivity index (χ0v) is 21.7. The highest BCUT2D eigenvalue weighted by atomic mass is 35.5. The zero-order chi connectivity index (χ0) is 27.0. The van der Waals surface area contributed by atoms with Crippen LogP contribution < -0.4 is 9.04 Å². The van der Waals surface area contributed by atoms with Crippen molar-refractivity contribution in [2.45, 2.75) is 30.8 Å². The van der Waals surface area contributed by atoms with Gasteiger partial charge in [-0.1, -0.05) is 29.8 Å². The van der Waals surface area contributed by atoms with E-state index in [-0.39, 0.29) is 52.1 Å². The number of sulfonamides is 1. The maximum atomic E-state index is 14.2. The number of aromatic amines is 1. The highest BCUT2D eigenvalue weighted by molar-refractivity contribution is 7.92. The molecule has 38 heavy (non-hydrogen) atoms. The van der Waals surface area contributed by atoms with Crippen LogP contribution in [0.2, 0.25) is 5.02 Å². The number of fused-ring (bicyclic) bond motifs is 1. The van der Waals surface area contributed by atoms with E-state index in [1.165, 1.54) is 28.7 Å². The first-order chi connectivity index (χ1) is 18.1. The lowest BCUT2D eigenvalue weighted by atomic mass is 10.0. The van der Waals surface area contributed by atoms with E-state index in [4.69, 9.17) is 16.3 Å². The Balaban J connectivity index is 1.55. The monoisotopic (exact) mass is 557 g/mol. The highest BCUT2D eigenvalue weighted by Crippen LogP contribution is 2.42. The molecule has 0 spiro atoms. The van der Waals surface area contributed by atoms with Gasteiger partial charge in [-0.2, -0.15) is 5.10 Å². The summed E-state index contributed by atoms with van der Waals surface area (Å²) in [6.07, 6.45) is 1.21. The van der Waals surface area contributed by atoms with Gasteiger partial charge in [0.2, 0.25) is 0 Å². The summed E-state index contributed by atoms with van der Waals surface area (Å²) in [5, 5.41) is 6.12. The molecule has 0 saturated heterocycles. The maximum Gasteiger partial charge on any atom is 0.264 e. The number of aromatic nitrogens is 2. The van der Waals surface area contributed by atoms with Gasteiger partial charge >= 0.3 is 0 Å². The maximum absolute atomic E-state index is 14.2. The average Bonchev–Trinajstić information content (AvgIpc) is 3.44. The standard InChI is InChI=1S/C27H22ClF2N3O4S/c1-16-3-2-4-20(11-16)38(35,36)33-15-19(6-7-25(34)23-9-10-31-32-23)37-26-8-5-17(12-24(26)33)21-13-18(29)14-22(30)27(21)28/h2-5,8-14,19H,6-7,15H2,1H3,(H,31,32)/t19-/m0/s1.